The summed E-state index contributed by atoms with van der Waals surface area (Å²) in [6.45, 7) is 4.92. The number of anilines is 1. The molecule has 2 rings (SSSR count). The standard InChI is InChI=1S/C13H16IN3O2/c14-11-7-10(9-15)8-12(16)13(11)19-6-3-17-1-4-18-5-2-17/h7-8H,1-6,16H2. The van der Waals surface area contributed by atoms with Crippen molar-refractivity contribution in [1.29, 1.82) is 5.26 Å². The number of morpholine rings is 1. The van der Waals surface area contributed by atoms with E-state index in [1.165, 1.54) is 0 Å². The van der Waals surface area contributed by atoms with Crippen LogP contribution in [0.4, 0.5) is 5.69 Å². The van der Waals surface area contributed by atoms with Crippen LogP contribution in [-0.4, -0.2) is 44.4 Å². The van der Waals surface area contributed by atoms with Crippen molar-refractivity contribution in [3.05, 3.63) is 21.3 Å². The zero-order valence-electron chi connectivity index (χ0n) is 10.6. The average Bonchev–Trinajstić information content (AvgIpc) is 2.42. The maximum atomic E-state index is 8.86. The van der Waals surface area contributed by atoms with E-state index in [0.717, 1.165) is 36.4 Å². The van der Waals surface area contributed by atoms with E-state index in [1.54, 1.807) is 12.1 Å². The number of benzene rings is 1. The lowest BCUT2D eigenvalue weighted by Gasteiger charge is -2.26. The monoisotopic (exact) mass is 373 g/mol. The van der Waals surface area contributed by atoms with Gasteiger partial charge in [0.1, 0.15) is 6.61 Å². The topological polar surface area (TPSA) is 71.5 Å². The summed E-state index contributed by atoms with van der Waals surface area (Å²) in [4.78, 5) is 2.30. The van der Waals surface area contributed by atoms with Gasteiger partial charge in [0.05, 0.1) is 34.1 Å². The van der Waals surface area contributed by atoms with Gasteiger partial charge in [-0.1, -0.05) is 0 Å². The van der Waals surface area contributed by atoms with Crippen molar-refractivity contribution < 1.29 is 9.47 Å². The minimum atomic E-state index is 0.519. The number of rotatable bonds is 4. The molecule has 0 aliphatic carbocycles. The highest BCUT2D eigenvalue weighted by atomic mass is 127. The lowest BCUT2D eigenvalue weighted by atomic mass is 10.2. The van der Waals surface area contributed by atoms with E-state index in [1.807, 2.05) is 0 Å². The fourth-order valence-electron chi connectivity index (χ4n) is 1.93. The quantitative estimate of drug-likeness (QED) is 0.639. The molecule has 0 amide bonds. The second-order valence-electron chi connectivity index (χ2n) is 4.29. The fourth-order valence-corrected chi connectivity index (χ4v) is 2.74. The SMILES string of the molecule is N#Cc1cc(N)c(OCCN2CCOCC2)c(I)c1. The smallest absolute Gasteiger partial charge is 0.155 e. The third-order valence-corrected chi connectivity index (χ3v) is 3.76. The molecule has 1 fully saturated rings. The summed E-state index contributed by atoms with van der Waals surface area (Å²) >= 11 is 2.14. The van der Waals surface area contributed by atoms with E-state index >= 15 is 0 Å². The predicted octanol–water partition coefficient (Wildman–Crippen LogP) is 1.46. The molecular formula is C13H16IN3O2. The molecule has 0 spiro atoms. The summed E-state index contributed by atoms with van der Waals surface area (Å²) in [7, 11) is 0. The zero-order chi connectivity index (χ0) is 13.7. The van der Waals surface area contributed by atoms with Gasteiger partial charge in [-0.15, -0.1) is 0 Å². The first kappa shape index (κ1) is 14.4. The van der Waals surface area contributed by atoms with Crippen LogP contribution in [0.25, 0.3) is 0 Å². The number of nitrogens with two attached hydrogens (primary N) is 1. The van der Waals surface area contributed by atoms with E-state index < -0.39 is 0 Å². The van der Waals surface area contributed by atoms with Crippen molar-refractivity contribution in [3.63, 3.8) is 0 Å². The highest BCUT2D eigenvalue weighted by molar-refractivity contribution is 14.1. The Bertz CT molecular complexity index is 458. The molecule has 0 bridgehead atoms. The van der Waals surface area contributed by atoms with Crippen molar-refractivity contribution >= 4 is 28.3 Å². The molecule has 1 saturated heterocycles. The van der Waals surface area contributed by atoms with Crippen molar-refractivity contribution in [2.45, 2.75) is 0 Å². The number of nitrogens with zero attached hydrogens (tertiary/aromatic N) is 2. The molecule has 6 heteroatoms. The molecule has 19 heavy (non-hydrogen) atoms. The van der Waals surface area contributed by atoms with Crippen LogP contribution in [-0.2, 0) is 4.74 Å². The van der Waals surface area contributed by atoms with Gasteiger partial charge < -0.3 is 15.2 Å². The van der Waals surface area contributed by atoms with Gasteiger partial charge in [-0.05, 0) is 34.7 Å². The van der Waals surface area contributed by atoms with Gasteiger partial charge >= 0.3 is 0 Å². The molecule has 1 aromatic rings. The average molecular weight is 373 g/mol. The summed E-state index contributed by atoms with van der Waals surface area (Å²) in [6.07, 6.45) is 0. The molecule has 0 radical (unpaired) electrons. The Morgan fingerprint density at radius 3 is 2.79 bits per heavy atom. The molecule has 2 N–H and O–H groups in total. The lowest BCUT2D eigenvalue weighted by molar-refractivity contribution is 0.0322. The normalized spacial score (nSPS) is 16.0. The molecule has 1 aliphatic heterocycles. The Morgan fingerprint density at radius 2 is 2.16 bits per heavy atom. The second kappa shape index (κ2) is 6.93. The minimum absolute atomic E-state index is 0.519. The van der Waals surface area contributed by atoms with Crippen LogP contribution in [0.3, 0.4) is 0 Å². The van der Waals surface area contributed by atoms with Gasteiger partial charge in [-0.2, -0.15) is 5.26 Å². The van der Waals surface area contributed by atoms with E-state index in [9.17, 15) is 0 Å². The maximum Gasteiger partial charge on any atom is 0.155 e. The van der Waals surface area contributed by atoms with Crippen molar-refractivity contribution in [1.82, 2.24) is 4.90 Å². The van der Waals surface area contributed by atoms with Gasteiger partial charge in [0.2, 0.25) is 0 Å². The van der Waals surface area contributed by atoms with Gasteiger partial charge in [-0.3, -0.25) is 4.90 Å². The van der Waals surface area contributed by atoms with Gasteiger partial charge in [0, 0.05) is 19.6 Å². The Balaban J connectivity index is 1.90. The summed E-state index contributed by atoms with van der Waals surface area (Å²) in [5, 5.41) is 8.86. The van der Waals surface area contributed by atoms with Crippen molar-refractivity contribution in [2.24, 2.45) is 0 Å². The first-order valence-electron chi connectivity index (χ1n) is 6.12. The van der Waals surface area contributed by atoms with E-state index in [-0.39, 0.29) is 0 Å². The molecule has 5 nitrogen and oxygen atoms in total. The van der Waals surface area contributed by atoms with E-state index in [0.29, 0.717) is 23.6 Å². The Labute approximate surface area is 126 Å². The fraction of sp³-hybridized carbons (Fsp3) is 0.462. The molecule has 1 heterocycles. The van der Waals surface area contributed by atoms with Crippen LogP contribution in [0.2, 0.25) is 0 Å². The number of halogens is 1. The molecule has 0 saturated carbocycles. The van der Waals surface area contributed by atoms with E-state index in [4.69, 9.17) is 20.5 Å². The zero-order valence-corrected chi connectivity index (χ0v) is 12.7. The molecular weight excluding hydrogens is 357 g/mol. The summed E-state index contributed by atoms with van der Waals surface area (Å²) in [5.74, 6) is 0.674. The van der Waals surface area contributed by atoms with Crippen LogP contribution in [0, 0.1) is 14.9 Å². The van der Waals surface area contributed by atoms with Crippen LogP contribution in [0.15, 0.2) is 12.1 Å². The molecule has 0 aromatic heterocycles. The highest BCUT2D eigenvalue weighted by Gasteiger charge is 2.12. The summed E-state index contributed by atoms with van der Waals surface area (Å²) in [6, 6.07) is 5.50. The van der Waals surface area contributed by atoms with Crippen LogP contribution < -0.4 is 10.5 Å². The highest BCUT2D eigenvalue weighted by Crippen LogP contribution is 2.29. The number of nitriles is 1. The Morgan fingerprint density at radius 1 is 1.42 bits per heavy atom. The largest absolute Gasteiger partial charge is 0.489 e. The van der Waals surface area contributed by atoms with Gasteiger partial charge in [0.25, 0.3) is 0 Å². The lowest BCUT2D eigenvalue weighted by Crippen LogP contribution is -2.38. The van der Waals surface area contributed by atoms with Crippen LogP contribution in [0.1, 0.15) is 5.56 Å². The minimum Gasteiger partial charge on any atom is -0.489 e. The molecule has 102 valence electrons. The molecule has 0 unspecified atom stereocenters. The van der Waals surface area contributed by atoms with Crippen LogP contribution in [0.5, 0.6) is 5.75 Å². The predicted molar refractivity (Wildman–Crippen MR) is 81.0 cm³/mol. The summed E-state index contributed by atoms with van der Waals surface area (Å²) in [5.41, 5.74) is 6.98. The van der Waals surface area contributed by atoms with Crippen molar-refractivity contribution in [3.8, 4) is 11.8 Å². The first-order chi connectivity index (χ1) is 9.20. The third kappa shape index (κ3) is 3.96. The Hall–Kier alpha value is -1.04. The van der Waals surface area contributed by atoms with E-state index in [2.05, 4.69) is 33.6 Å². The van der Waals surface area contributed by atoms with Crippen molar-refractivity contribution in [2.75, 3.05) is 45.2 Å². The third-order valence-electron chi connectivity index (χ3n) is 2.96. The molecule has 0 atom stereocenters. The van der Waals surface area contributed by atoms with Gasteiger partial charge in [-0.25, -0.2) is 0 Å². The molecule has 1 aliphatic rings. The maximum absolute atomic E-state index is 8.86. The number of hydrogen-bond acceptors (Lipinski definition) is 5. The summed E-state index contributed by atoms with van der Waals surface area (Å²) < 4.78 is 11.9. The van der Waals surface area contributed by atoms with Crippen LogP contribution >= 0.6 is 22.6 Å². The second-order valence-corrected chi connectivity index (χ2v) is 5.45. The molecule has 1 aromatic carbocycles. The number of hydrogen-bond donors (Lipinski definition) is 1. The number of nitrogen functional groups attached to an aromatic ring is 1. The number of ether oxygens (including phenoxy) is 2. The Kier molecular flexibility index (Phi) is 5.24. The van der Waals surface area contributed by atoms with Gasteiger partial charge in [0.15, 0.2) is 5.75 Å². The first-order valence-corrected chi connectivity index (χ1v) is 7.20.